The average molecular weight is 560 g/mol. The Bertz CT molecular complexity index is 1130. The van der Waals surface area contributed by atoms with E-state index < -0.39 is 82.6 Å². The summed E-state index contributed by atoms with van der Waals surface area (Å²) in [7, 11) is -7.67. The number of ether oxygens (including phenoxy) is 2. The van der Waals surface area contributed by atoms with E-state index in [2.05, 4.69) is 13.4 Å². The molecule has 0 saturated carbocycles. The maximum Gasteiger partial charge on any atom is 0.478 e. The summed E-state index contributed by atoms with van der Waals surface area (Å²) >= 11 is 0. The monoisotopic (exact) mass is 560 g/mol. The molecule has 5 N–H and O–H groups in total. The highest BCUT2D eigenvalue weighted by molar-refractivity contribution is 7.60. The molecule has 0 bridgehead atoms. The molecule has 36 heavy (non-hydrogen) atoms. The number of hydrogen-bond acceptors (Lipinski definition) is 14. The number of nitrogens with zero attached hydrogens (tertiary/aromatic N) is 2. The van der Waals surface area contributed by atoms with E-state index in [0.29, 0.717) is 6.42 Å². The highest BCUT2D eigenvalue weighted by Gasteiger charge is 2.46. The zero-order valence-corrected chi connectivity index (χ0v) is 21.1. The average Bonchev–Trinajstić information content (AvgIpc) is 3.02. The van der Waals surface area contributed by atoms with Crippen LogP contribution in [0.3, 0.4) is 0 Å². The van der Waals surface area contributed by atoms with Crippen molar-refractivity contribution in [2.45, 2.75) is 62.4 Å². The number of phosphoric acid groups is 2. The third kappa shape index (κ3) is 6.96. The predicted molar refractivity (Wildman–Crippen MR) is 115 cm³/mol. The molecule has 2 saturated heterocycles. The fraction of sp³-hybridized carbons (Fsp3) is 0.765. The molecule has 3 rings (SSSR count). The van der Waals surface area contributed by atoms with Gasteiger partial charge in [0.15, 0.2) is 12.5 Å². The quantitative estimate of drug-likeness (QED) is 0.192. The summed E-state index contributed by atoms with van der Waals surface area (Å²) in [6.07, 6.45) is -8.77. The van der Waals surface area contributed by atoms with E-state index in [0.717, 1.165) is 16.8 Å². The standard InChI is InChI=1S/C17H29N3O14P2/c1-8-6-9(19(2)3)12(22)16(31-8)33-36(28,29)34-35(26,27)30-7-10-13(23)14(24)15(32-10)20-5-4-11(21)18-17(20)25/h4-5,8-10,12-16,22-24H,6-7H2,1-3H3,(H,26,27)(H,28,29)(H,18,21,25)/p-1. The normalized spacial score (nSPS) is 36.5. The highest BCUT2D eigenvalue weighted by Crippen LogP contribution is 2.59. The van der Waals surface area contributed by atoms with Gasteiger partial charge in [0, 0.05) is 18.3 Å². The molecule has 2 aliphatic rings. The van der Waals surface area contributed by atoms with Crippen LogP contribution >= 0.6 is 15.6 Å². The molecule has 10 unspecified atom stereocenters. The Labute approximate surface area is 204 Å². The van der Waals surface area contributed by atoms with Crippen molar-refractivity contribution in [2.75, 3.05) is 20.7 Å². The number of aliphatic hydroxyl groups is 3. The topological polar surface area (TPSA) is 242 Å². The Balaban J connectivity index is 1.61. The van der Waals surface area contributed by atoms with Crippen LogP contribution in [0.15, 0.2) is 21.9 Å². The number of aliphatic hydroxyl groups excluding tert-OH is 3. The summed E-state index contributed by atoms with van der Waals surface area (Å²) in [5.74, 6) is 0. The lowest BCUT2D eigenvalue weighted by Crippen LogP contribution is -2.54. The first kappa shape index (κ1) is 29.3. The van der Waals surface area contributed by atoms with Gasteiger partial charge in [-0.25, -0.2) is 13.7 Å². The number of rotatable bonds is 9. The van der Waals surface area contributed by atoms with Crippen LogP contribution in [-0.2, 0) is 32.0 Å². The Morgan fingerprint density at radius 3 is 2.47 bits per heavy atom. The van der Waals surface area contributed by atoms with Crippen molar-refractivity contribution in [3.05, 3.63) is 33.1 Å². The molecule has 10 atom stereocenters. The van der Waals surface area contributed by atoms with Crippen molar-refractivity contribution in [3.63, 3.8) is 0 Å². The van der Waals surface area contributed by atoms with E-state index in [1.165, 1.54) is 0 Å². The van der Waals surface area contributed by atoms with Crippen LogP contribution in [0.25, 0.3) is 0 Å². The number of phosphoric ester groups is 2. The second-order valence-electron chi connectivity index (χ2n) is 8.53. The number of aromatic nitrogens is 2. The maximum atomic E-state index is 12.2. The third-order valence-electron chi connectivity index (χ3n) is 5.58. The fourth-order valence-electron chi connectivity index (χ4n) is 3.82. The summed E-state index contributed by atoms with van der Waals surface area (Å²) in [5.41, 5.74) is -1.68. The number of hydrogen-bond donors (Lipinski definition) is 5. The molecule has 0 amide bonds. The molecule has 3 heterocycles. The predicted octanol–water partition coefficient (Wildman–Crippen LogP) is -2.80. The van der Waals surface area contributed by atoms with Gasteiger partial charge in [0.25, 0.3) is 13.4 Å². The molecular weight excluding hydrogens is 532 g/mol. The minimum Gasteiger partial charge on any atom is -0.756 e. The maximum absolute atomic E-state index is 12.2. The van der Waals surface area contributed by atoms with Crippen LogP contribution in [0.1, 0.15) is 19.6 Å². The van der Waals surface area contributed by atoms with Crippen LogP contribution in [0.2, 0.25) is 0 Å². The van der Waals surface area contributed by atoms with Crippen LogP contribution in [0, 0.1) is 0 Å². The fourth-order valence-corrected chi connectivity index (χ4v) is 5.94. The number of aromatic amines is 1. The van der Waals surface area contributed by atoms with Gasteiger partial charge in [0.2, 0.25) is 0 Å². The lowest BCUT2D eigenvalue weighted by atomic mass is 9.99. The lowest BCUT2D eigenvalue weighted by Gasteiger charge is -2.42. The Hall–Kier alpha value is -1.30. The third-order valence-corrected chi connectivity index (χ3v) is 8.14. The molecule has 0 aliphatic carbocycles. The second-order valence-corrected chi connectivity index (χ2v) is 11.5. The first-order valence-electron chi connectivity index (χ1n) is 10.6. The lowest BCUT2D eigenvalue weighted by molar-refractivity contribution is -0.270. The van der Waals surface area contributed by atoms with Crippen molar-refractivity contribution < 1.29 is 57.1 Å². The van der Waals surface area contributed by atoms with Crippen LogP contribution in [0.5, 0.6) is 0 Å². The second kappa shape index (κ2) is 11.2. The zero-order chi connectivity index (χ0) is 27.0. The molecule has 0 aromatic carbocycles. The molecule has 2 aliphatic heterocycles. The van der Waals surface area contributed by atoms with Gasteiger partial charge in [0.1, 0.15) is 24.4 Å². The summed E-state index contributed by atoms with van der Waals surface area (Å²) in [5, 5.41) is 30.7. The van der Waals surface area contributed by atoms with Gasteiger partial charge in [-0.1, -0.05) is 0 Å². The summed E-state index contributed by atoms with van der Waals surface area (Å²) < 4.78 is 49.2. The van der Waals surface area contributed by atoms with E-state index in [1.54, 1.807) is 25.9 Å². The minimum atomic E-state index is -5.59. The van der Waals surface area contributed by atoms with Crippen LogP contribution in [-0.4, -0.2) is 98.2 Å². The van der Waals surface area contributed by atoms with Gasteiger partial charge in [0.05, 0.1) is 12.7 Å². The van der Waals surface area contributed by atoms with Gasteiger partial charge in [-0.05, 0) is 27.4 Å². The molecular formula is C17H28N3O14P2-. The molecule has 19 heteroatoms. The van der Waals surface area contributed by atoms with Gasteiger partial charge in [-0.3, -0.25) is 28.0 Å². The van der Waals surface area contributed by atoms with Gasteiger partial charge in [-0.2, -0.15) is 0 Å². The highest BCUT2D eigenvalue weighted by atomic mass is 31.3. The van der Waals surface area contributed by atoms with Crippen molar-refractivity contribution in [2.24, 2.45) is 0 Å². The smallest absolute Gasteiger partial charge is 0.478 e. The minimum absolute atomic E-state index is 0.362. The largest absolute Gasteiger partial charge is 0.756 e. The Kier molecular flexibility index (Phi) is 9.11. The Morgan fingerprint density at radius 2 is 1.86 bits per heavy atom. The van der Waals surface area contributed by atoms with E-state index in [-0.39, 0.29) is 0 Å². The molecule has 1 aromatic rings. The van der Waals surface area contributed by atoms with Gasteiger partial charge >= 0.3 is 13.5 Å². The van der Waals surface area contributed by atoms with Crippen molar-refractivity contribution in [1.82, 2.24) is 14.5 Å². The number of nitrogens with one attached hydrogen (secondary N) is 1. The molecule has 0 spiro atoms. The van der Waals surface area contributed by atoms with E-state index >= 15 is 0 Å². The summed E-state index contributed by atoms with van der Waals surface area (Å²) in [6, 6.07) is 0.426. The molecule has 2 fully saturated rings. The van der Waals surface area contributed by atoms with Crippen LogP contribution in [0.4, 0.5) is 0 Å². The first-order valence-corrected chi connectivity index (χ1v) is 13.6. The molecule has 0 radical (unpaired) electrons. The molecule has 1 aromatic heterocycles. The van der Waals surface area contributed by atoms with E-state index in [9.17, 15) is 43.8 Å². The number of likely N-dealkylation sites (N-methyl/N-ethyl adjacent to an activating group) is 1. The van der Waals surface area contributed by atoms with Crippen molar-refractivity contribution in [1.29, 1.82) is 0 Å². The van der Waals surface area contributed by atoms with Gasteiger partial charge < -0.3 is 39.5 Å². The van der Waals surface area contributed by atoms with E-state index in [4.69, 9.17) is 9.47 Å². The van der Waals surface area contributed by atoms with Crippen molar-refractivity contribution in [3.8, 4) is 0 Å². The van der Waals surface area contributed by atoms with Crippen LogP contribution < -0.4 is 16.1 Å². The van der Waals surface area contributed by atoms with E-state index in [1.807, 2.05) is 4.98 Å². The first-order chi connectivity index (χ1) is 16.6. The summed E-state index contributed by atoms with van der Waals surface area (Å²) in [4.78, 5) is 48.8. The molecule has 206 valence electrons. The summed E-state index contributed by atoms with van der Waals surface area (Å²) in [6.45, 7) is 0.661. The zero-order valence-electron chi connectivity index (χ0n) is 19.3. The van der Waals surface area contributed by atoms with Gasteiger partial charge in [-0.15, -0.1) is 0 Å². The Morgan fingerprint density at radius 1 is 1.19 bits per heavy atom. The SMILES string of the molecule is CC1CC(N(C)C)C(O)C(OP(=O)([O-])OP(=O)(O)OCC2OC(n3ccc(=O)[nH]c3=O)C(O)C2O)O1. The van der Waals surface area contributed by atoms with Crippen molar-refractivity contribution >= 4 is 15.6 Å². The molecule has 17 nitrogen and oxygen atoms in total. The number of H-pyrrole nitrogens is 1.